The quantitative estimate of drug-likeness (QED) is 0.465. The summed E-state index contributed by atoms with van der Waals surface area (Å²) in [4.78, 5) is 10.8. The summed E-state index contributed by atoms with van der Waals surface area (Å²) in [6, 6.07) is -0.666. The number of methoxy groups -OCH3 is 1. The molecule has 0 aliphatic heterocycles. The van der Waals surface area contributed by atoms with Crippen LogP contribution in [0.3, 0.4) is 0 Å². The van der Waals surface area contributed by atoms with Crippen LogP contribution in [0, 0.1) is 0 Å². The van der Waals surface area contributed by atoms with E-state index < -0.39 is 18.1 Å². The van der Waals surface area contributed by atoms with Crippen LogP contribution in [-0.2, 0) is 9.53 Å². The summed E-state index contributed by atoms with van der Waals surface area (Å²) in [5.41, 5.74) is 5.42. The molecular weight excluding hydrogens is 194 g/mol. The Hall–Kier alpha value is -0.300. The van der Waals surface area contributed by atoms with Crippen molar-refractivity contribution in [1.82, 2.24) is 0 Å². The van der Waals surface area contributed by atoms with Crippen LogP contribution < -0.4 is 5.73 Å². The maximum atomic E-state index is 10.8. The van der Waals surface area contributed by atoms with Crippen LogP contribution in [-0.4, -0.2) is 53.6 Å². The number of hydrogen-bond acceptors (Lipinski definition) is 6. The fourth-order valence-electron chi connectivity index (χ4n) is 0.603. The first kappa shape index (κ1) is 12.7. The van der Waals surface area contributed by atoms with E-state index in [4.69, 9.17) is 15.9 Å². The Labute approximate surface area is 81.3 Å². The van der Waals surface area contributed by atoms with Crippen LogP contribution >= 0.6 is 11.8 Å². The van der Waals surface area contributed by atoms with Gasteiger partial charge in [-0.1, -0.05) is 0 Å². The number of carbonyl (C=O) groups excluding carboxylic acids is 1. The third-order valence-electron chi connectivity index (χ3n) is 1.32. The molecule has 0 radical (unpaired) electrons. The van der Waals surface area contributed by atoms with E-state index in [2.05, 4.69) is 4.74 Å². The molecule has 13 heavy (non-hydrogen) atoms. The third kappa shape index (κ3) is 5.87. The molecule has 4 N–H and O–H groups in total. The van der Waals surface area contributed by atoms with Gasteiger partial charge in [0, 0.05) is 11.5 Å². The van der Waals surface area contributed by atoms with Gasteiger partial charge >= 0.3 is 5.97 Å². The third-order valence-corrected chi connectivity index (χ3v) is 2.54. The highest BCUT2D eigenvalue weighted by molar-refractivity contribution is 7.99. The van der Waals surface area contributed by atoms with Gasteiger partial charge in [0.05, 0.1) is 19.8 Å². The number of thioether (sulfide) groups is 1. The van der Waals surface area contributed by atoms with E-state index in [9.17, 15) is 4.79 Å². The van der Waals surface area contributed by atoms with Crippen LogP contribution in [0.2, 0.25) is 0 Å². The number of aliphatic hydroxyl groups excluding tert-OH is 2. The summed E-state index contributed by atoms with van der Waals surface area (Å²) >= 11 is 1.30. The van der Waals surface area contributed by atoms with Crippen molar-refractivity contribution in [3.63, 3.8) is 0 Å². The second-order valence-electron chi connectivity index (χ2n) is 2.50. The molecule has 0 amide bonds. The first-order valence-corrected chi connectivity index (χ1v) is 4.97. The Morgan fingerprint density at radius 2 is 2.23 bits per heavy atom. The molecule has 78 valence electrons. The zero-order valence-electron chi connectivity index (χ0n) is 7.47. The van der Waals surface area contributed by atoms with E-state index in [1.807, 2.05) is 0 Å². The van der Waals surface area contributed by atoms with Gasteiger partial charge in [0.1, 0.15) is 6.04 Å². The fourth-order valence-corrected chi connectivity index (χ4v) is 1.51. The SMILES string of the molecule is COC(=O)C(N)CSCC(O)CO. The molecular formula is C7H15NO4S. The van der Waals surface area contributed by atoms with Crippen LogP contribution in [0.25, 0.3) is 0 Å². The minimum Gasteiger partial charge on any atom is -0.468 e. The van der Waals surface area contributed by atoms with Gasteiger partial charge in [0.15, 0.2) is 0 Å². The van der Waals surface area contributed by atoms with E-state index in [0.29, 0.717) is 11.5 Å². The Balaban J connectivity index is 3.47. The predicted molar refractivity (Wildman–Crippen MR) is 50.4 cm³/mol. The highest BCUT2D eigenvalue weighted by Gasteiger charge is 2.13. The molecule has 0 heterocycles. The molecule has 6 heteroatoms. The highest BCUT2D eigenvalue weighted by Crippen LogP contribution is 2.04. The molecule has 0 aliphatic rings. The van der Waals surface area contributed by atoms with E-state index in [-0.39, 0.29) is 6.61 Å². The number of rotatable bonds is 6. The molecule has 2 atom stereocenters. The zero-order valence-corrected chi connectivity index (χ0v) is 8.29. The standard InChI is InChI=1S/C7H15NO4S/c1-12-7(11)6(8)4-13-3-5(10)2-9/h5-6,9-10H,2-4,8H2,1H3. The van der Waals surface area contributed by atoms with Crippen molar-refractivity contribution in [3.8, 4) is 0 Å². The van der Waals surface area contributed by atoms with Crippen molar-refractivity contribution in [2.45, 2.75) is 12.1 Å². The van der Waals surface area contributed by atoms with Gasteiger partial charge in [-0.2, -0.15) is 11.8 Å². The summed E-state index contributed by atoms with van der Waals surface area (Å²) in [5, 5.41) is 17.4. The molecule has 0 spiro atoms. The second-order valence-corrected chi connectivity index (χ2v) is 3.58. The average molecular weight is 209 g/mol. The van der Waals surface area contributed by atoms with Gasteiger partial charge < -0.3 is 20.7 Å². The Morgan fingerprint density at radius 1 is 1.62 bits per heavy atom. The Kier molecular flexibility index (Phi) is 6.97. The van der Waals surface area contributed by atoms with E-state index in [0.717, 1.165) is 0 Å². The number of aliphatic hydroxyl groups is 2. The summed E-state index contributed by atoms with van der Waals surface area (Å²) < 4.78 is 4.41. The number of esters is 1. The number of ether oxygens (including phenoxy) is 1. The molecule has 0 rings (SSSR count). The molecule has 0 saturated carbocycles. The Bertz CT molecular complexity index is 155. The molecule has 0 saturated heterocycles. The van der Waals surface area contributed by atoms with Gasteiger partial charge in [0.25, 0.3) is 0 Å². The van der Waals surface area contributed by atoms with Crippen molar-refractivity contribution in [3.05, 3.63) is 0 Å². The first-order valence-electron chi connectivity index (χ1n) is 3.82. The predicted octanol–water partition coefficient (Wildman–Crippen LogP) is -1.43. The molecule has 0 aliphatic carbocycles. The van der Waals surface area contributed by atoms with Crippen LogP contribution in [0.5, 0.6) is 0 Å². The van der Waals surface area contributed by atoms with E-state index in [1.165, 1.54) is 18.9 Å². The first-order chi connectivity index (χ1) is 6.11. The number of carbonyl (C=O) groups is 1. The van der Waals surface area contributed by atoms with Crippen LogP contribution in [0.15, 0.2) is 0 Å². The lowest BCUT2D eigenvalue weighted by Gasteiger charge is -2.10. The van der Waals surface area contributed by atoms with E-state index in [1.54, 1.807) is 0 Å². The lowest BCUT2D eigenvalue weighted by molar-refractivity contribution is -0.141. The molecule has 2 unspecified atom stereocenters. The van der Waals surface area contributed by atoms with Gasteiger partial charge in [-0.05, 0) is 0 Å². The lowest BCUT2D eigenvalue weighted by atomic mass is 10.4. The second kappa shape index (κ2) is 7.14. The smallest absolute Gasteiger partial charge is 0.323 e. The summed E-state index contributed by atoms with van der Waals surface area (Å²) in [7, 11) is 1.27. The zero-order chi connectivity index (χ0) is 10.3. The topological polar surface area (TPSA) is 92.8 Å². The van der Waals surface area contributed by atoms with E-state index >= 15 is 0 Å². The highest BCUT2D eigenvalue weighted by atomic mass is 32.2. The molecule has 0 aromatic rings. The lowest BCUT2D eigenvalue weighted by Crippen LogP contribution is -2.34. The molecule has 0 aromatic heterocycles. The van der Waals surface area contributed by atoms with Crippen LogP contribution in [0.4, 0.5) is 0 Å². The van der Waals surface area contributed by atoms with Crippen molar-refractivity contribution < 1.29 is 19.7 Å². The van der Waals surface area contributed by atoms with Crippen molar-refractivity contribution >= 4 is 17.7 Å². The molecule has 0 fully saturated rings. The summed E-state index contributed by atoms with van der Waals surface area (Å²) in [5.74, 6) is 0.274. The van der Waals surface area contributed by atoms with Gasteiger partial charge in [-0.3, -0.25) is 4.79 Å². The molecule has 0 aromatic carbocycles. The number of hydrogen-bond donors (Lipinski definition) is 3. The van der Waals surface area contributed by atoms with Crippen LogP contribution in [0.1, 0.15) is 0 Å². The minimum atomic E-state index is -0.755. The minimum absolute atomic E-state index is 0.277. The number of nitrogens with two attached hydrogens (primary N) is 1. The van der Waals surface area contributed by atoms with Crippen molar-refractivity contribution in [2.24, 2.45) is 5.73 Å². The van der Waals surface area contributed by atoms with Crippen molar-refractivity contribution in [2.75, 3.05) is 25.2 Å². The normalized spacial score (nSPS) is 15.1. The van der Waals surface area contributed by atoms with Crippen molar-refractivity contribution in [1.29, 1.82) is 0 Å². The fraction of sp³-hybridized carbons (Fsp3) is 0.857. The largest absolute Gasteiger partial charge is 0.468 e. The maximum absolute atomic E-state index is 10.8. The average Bonchev–Trinajstić information content (AvgIpc) is 2.15. The summed E-state index contributed by atoms with van der Waals surface area (Å²) in [6.07, 6.45) is -0.755. The maximum Gasteiger partial charge on any atom is 0.323 e. The summed E-state index contributed by atoms with van der Waals surface area (Å²) in [6.45, 7) is -0.277. The molecule has 5 nitrogen and oxygen atoms in total. The van der Waals surface area contributed by atoms with Gasteiger partial charge in [-0.15, -0.1) is 0 Å². The Morgan fingerprint density at radius 3 is 2.69 bits per heavy atom. The molecule has 0 bridgehead atoms. The monoisotopic (exact) mass is 209 g/mol. The van der Waals surface area contributed by atoms with Gasteiger partial charge in [-0.25, -0.2) is 0 Å². The van der Waals surface area contributed by atoms with Gasteiger partial charge in [0.2, 0.25) is 0 Å².